The molecule has 0 bridgehead atoms. The van der Waals surface area contributed by atoms with Crippen LogP contribution in [-0.4, -0.2) is 46.8 Å². The zero-order chi connectivity index (χ0) is 14.8. The van der Waals surface area contributed by atoms with Crippen LogP contribution >= 0.6 is 0 Å². The third kappa shape index (κ3) is 3.28. The highest BCUT2D eigenvalue weighted by molar-refractivity contribution is 7.85. The van der Waals surface area contributed by atoms with Gasteiger partial charge in [0.1, 0.15) is 0 Å². The fourth-order valence-corrected chi connectivity index (χ4v) is 2.36. The largest absolute Gasteiger partial charge is 0.478 e. The molecule has 1 aromatic carbocycles. The lowest BCUT2D eigenvalue weighted by Gasteiger charge is -2.11. The van der Waals surface area contributed by atoms with Gasteiger partial charge >= 0.3 is 11.9 Å². The van der Waals surface area contributed by atoms with Gasteiger partial charge in [-0.1, -0.05) is 0 Å². The number of hydrogen-bond donors (Lipinski definition) is 4. The van der Waals surface area contributed by atoms with Crippen molar-refractivity contribution in [2.75, 3.05) is 6.61 Å². The molecule has 1 aromatic rings. The Labute approximate surface area is 107 Å². The Morgan fingerprint density at radius 1 is 1.11 bits per heavy atom. The molecular weight excluding hydrogens is 280 g/mol. The second-order valence-corrected chi connectivity index (χ2v) is 4.95. The molecule has 0 aliphatic rings. The van der Waals surface area contributed by atoms with E-state index in [0.717, 1.165) is 6.07 Å². The maximum atomic E-state index is 11.2. The molecule has 104 valence electrons. The molecule has 0 aliphatic carbocycles. The van der Waals surface area contributed by atoms with E-state index < -0.39 is 44.7 Å². The Bertz CT molecular complexity index is 631. The van der Waals surface area contributed by atoms with Crippen molar-refractivity contribution in [2.45, 2.75) is 11.3 Å². The van der Waals surface area contributed by atoms with Crippen molar-refractivity contribution in [1.82, 2.24) is 0 Å². The minimum atomic E-state index is -4.81. The monoisotopic (exact) mass is 290 g/mol. The highest BCUT2D eigenvalue weighted by Gasteiger charge is 2.24. The highest BCUT2D eigenvalue weighted by atomic mass is 32.2. The molecule has 0 amide bonds. The molecule has 0 fully saturated rings. The summed E-state index contributed by atoms with van der Waals surface area (Å²) < 4.78 is 31.3. The molecule has 0 unspecified atom stereocenters. The van der Waals surface area contributed by atoms with Crippen LogP contribution in [0.15, 0.2) is 17.0 Å². The van der Waals surface area contributed by atoms with E-state index in [1.165, 1.54) is 0 Å². The molecule has 0 heterocycles. The smallest absolute Gasteiger partial charge is 0.336 e. The van der Waals surface area contributed by atoms with Crippen molar-refractivity contribution in [1.29, 1.82) is 0 Å². The number of aliphatic hydroxyl groups is 1. The number of aromatic carboxylic acids is 2. The van der Waals surface area contributed by atoms with Crippen LogP contribution in [0, 0.1) is 0 Å². The van der Waals surface area contributed by atoms with Gasteiger partial charge in [-0.25, -0.2) is 9.59 Å². The second-order valence-electron chi connectivity index (χ2n) is 3.56. The van der Waals surface area contributed by atoms with Gasteiger partial charge in [-0.2, -0.15) is 8.42 Å². The third-order valence-electron chi connectivity index (χ3n) is 2.33. The van der Waals surface area contributed by atoms with E-state index in [0.29, 0.717) is 6.07 Å². The molecule has 9 heteroatoms. The van der Waals surface area contributed by atoms with Crippen LogP contribution in [0.1, 0.15) is 26.3 Å². The van der Waals surface area contributed by atoms with Gasteiger partial charge < -0.3 is 15.3 Å². The van der Waals surface area contributed by atoms with E-state index in [2.05, 4.69) is 0 Å². The van der Waals surface area contributed by atoms with Crippen molar-refractivity contribution in [3.63, 3.8) is 0 Å². The van der Waals surface area contributed by atoms with Crippen molar-refractivity contribution >= 4 is 22.1 Å². The van der Waals surface area contributed by atoms with Gasteiger partial charge in [-0.3, -0.25) is 4.55 Å². The predicted molar refractivity (Wildman–Crippen MR) is 61.0 cm³/mol. The summed E-state index contributed by atoms with van der Waals surface area (Å²) in [5.41, 5.74) is -1.53. The first-order valence-corrected chi connectivity index (χ1v) is 6.34. The van der Waals surface area contributed by atoms with E-state index in [1.807, 2.05) is 0 Å². The van der Waals surface area contributed by atoms with Gasteiger partial charge in [0.25, 0.3) is 10.1 Å². The Kier molecular flexibility index (Phi) is 4.24. The van der Waals surface area contributed by atoms with Crippen LogP contribution < -0.4 is 0 Å². The normalized spacial score (nSPS) is 11.3. The number of rotatable bonds is 5. The standard InChI is InChI=1S/C10H10O8S/c11-2-1-6-7(10(14)15)3-5(9(12)13)4-8(6)19(16,17)18/h3-4,11H,1-2H2,(H,12,13)(H,14,15)(H,16,17,18). The SMILES string of the molecule is O=C(O)c1cc(C(=O)O)c(CCO)c(S(=O)(=O)O)c1. The maximum absolute atomic E-state index is 11.2. The quantitative estimate of drug-likeness (QED) is 0.547. The van der Waals surface area contributed by atoms with Gasteiger partial charge in [0.05, 0.1) is 16.0 Å². The molecule has 4 N–H and O–H groups in total. The molecular formula is C10H10O8S. The minimum absolute atomic E-state index is 0.345. The van der Waals surface area contributed by atoms with Crippen LogP contribution in [-0.2, 0) is 16.5 Å². The summed E-state index contributed by atoms with van der Waals surface area (Å²) >= 11 is 0. The van der Waals surface area contributed by atoms with E-state index in [4.69, 9.17) is 19.9 Å². The van der Waals surface area contributed by atoms with E-state index >= 15 is 0 Å². The topological polar surface area (TPSA) is 149 Å². The highest BCUT2D eigenvalue weighted by Crippen LogP contribution is 2.23. The van der Waals surface area contributed by atoms with Crippen LogP contribution in [0.25, 0.3) is 0 Å². The molecule has 8 nitrogen and oxygen atoms in total. The molecule has 0 saturated heterocycles. The van der Waals surface area contributed by atoms with Gasteiger partial charge in [0.2, 0.25) is 0 Å². The zero-order valence-electron chi connectivity index (χ0n) is 9.40. The first kappa shape index (κ1) is 15.1. The summed E-state index contributed by atoms with van der Waals surface area (Å²) in [6.07, 6.45) is -0.351. The number of benzene rings is 1. The lowest BCUT2D eigenvalue weighted by molar-refractivity contribution is 0.0695. The van der Waals surface area contributed by atoms with Crippen molar-refractivity contribution in [3.05, 3.63) is 28.8 Å². The lowest BCUT2D eigenvalue weighted by Crippen LogP contribution is -2.14. The van der Waals surface area contributed by atoms with Crippen LogP contribution in [0.3, 0.4) is 0 Å². The molecule has 0 saturated carbocycles. The molecule has 0 atom stereocenters. The second kappa shape index (κ2) is 5.34. The van der Waals surface area contributed by atoms with E-state index in [9.17, 15) is 18.0 Å². The van der Waals surface area contributed by atoms with Gasteiger partial charge in [0, 0.05) is 6.61 Å². The summed E-state index contributed by atoms with van der Waals surface area (Å²) in [6, 6.07) is 1.42. The molecule has 0 aliphatic heterocycles. The van der Waals surface area contributed by atoms with Crippen molar-refractivity contribution in [2.24, 2.45) is 0 Å². The molecule has 0 spiro atoms. The number of carboxylic acids is 2. The van der Waals surface area contributed by atoms with Crippen LogP contribution in [0.2, 0.25) is 0 Å². The number of carbonyl (C=O) groups is 2. The average Bonchev–Trinajstić information content (AvgIpc) is 2.27. The molecule has 0 aromatic heterocycles. The zero-order valence-corrected chi connectivity index (χ0v) is 10.2. The Morgan fingerprint density at radius 3 is 2.05 bits per heavy atom. The van der Waals surface area contributed by atoms with Crippen LogP contribution in [0.5, 0.6) is 0 Å². The maximum Gasteiger partial charge on any atom is 0.336 e. The Hall–Kier alpha value is -1.97. The van der Waals surface area contributed by atoms with E-state index in [-0.39, 0.29) is 12.0 Å². The predicted octanol–water partition coefficient (Wildman–Crippen LogP) is -0.135. The van der Waals surface area contributed by atoms with Crippen LogP contribution in [0.4, 0.5) is 0 Å². The Morgan fingerprint density at radius 2 is 1.68 bits per heavy atom. The Balaban J connectivity index is 3.75. The third-order valence-corrected chi connectivity index (χ3v) is 3.25. The van der Waals surface area contributed by atoms with Crippen molar-refractivity contribution < 1.29 is 37.9 Å². The summed E-state index contributed by atoms with van der Waals surface area (Å²) in [7, 11) is -4.81. The number of carboxylic acid groups (broad SMARTS) is 2. The van der Waals surface area contributed by atoms with Crippen molar-refractivity contribution in [3.8, 4) is 0 Å². The fourth-order valence-electron chi connectivity index (χ4n) is 1.56. The summed E-state index contributed by atoms with van der Waals surface area (Å²) in [5, 5.41) is 26.5. The van der Waals surface area contributed by atoms with Gasteiger partial charge in [0.15, 0.2) is 0 Å². The summed E-state index contributed by atoms with van der Waals surface area (Å²) in [4.78, 5) is 21.0. The first-order chi connectivity index (χ1) is 8.68. The fraction of sp³-hybridized carbons (Fsp3) is 0.200. The first-order valence-electron chi connectivity index (χ1n) is 4.90. The minimum Gasteiger partial charge on any atom is -0.478 e. The summed E-state index contributed by atoms with van der Waals surface area (Å²) in [5.74, 6) is -3.10. The number of aliphatic hydroxyl groups excluding tert-OH is 1. The van der Waals surface area contributed by atoms with E-state index in [1.54, 1.807) is 0 Å². The lowest BCUT2D eigenvalue weighted by atomic mass is 10.0. The molecule has 19 heavy (non-hydrogen) atoms. The van der Waals surface area contributed by atoms with Gasteiger partial charge in [-0.05, 0) is 24.1 Å². The van der Waals surface area contributed by atoms with Gasteiger partial charge in [-0.15, -0.1) is 0 Å². The number of hydrogen-bond acceptors (Lipinski definition) is 5. The molecule has 1 rings (SSSR count). The molecule has 0 radical (unpaired) electrons. The average molecular weight is 290 g/mol. The summed E-state index contributed by atoms with van der Waals surface area (Å²) in [6.45, 7) is -0.560.